The SMILES string of the molecule is CCCOP(=O)([O-])OP(=O)([O-])OP(=O)([O-])OC[C@H]1O[C@@H](n2ccc3nc(-c4ccccc4Cl)cn3c2=O)C2OC(CCc3ccccc3)O[C@H]21. The molecule has 4 aromatic rings. The zero-order valence-electron chi connectivity index (χ0n) is 26.1. The highest BCUT2D eigenvalue weighted by Gasteiger charge is 2.54. The topological polar surface area (TPSA) is 224 Å². The summed E-state index contributed by atoms with van der Waals surface area (Å²) < 4.78 is 74.0. The molecule has 2 saturated heterocycles. The lowest BCUT2D eigenvalue weighted by Gasteiger charge is -2.34. The first-order chi connectivity index (χ1) is 23.7. The van der Waals surface area contributed by atoms with E-state index in [2.05, 4.69) is 18.1 Å². The number of benzene rings is 2. The maximum absolute atomic E-state index is 13.8. The summed E-state index contributed by atoms with van der Waals surface area (Å²) in [6.45, 7) is 0.262. The van der Waals surface area contributed by atoms with Crippen molar-refractivity contribution in [3.8, 4) is 11.3 Å². The molecule has 0 amide bonds. The van der Waals surface area contributed by atoms with Crippen molar-refractivity contribution in [2.45, 2.75) is 57.0 Å². The predicted octanol–water partition coefficient (Wildman–Crippen LogP) is 3.34. The summed E-state index contributed by atoms with van der Waals surface area (Å²) in [5, 5.41) is 0.436. The largest absolute Gasteiger partial charge is 0.756 e. The van der Waals surface area contributed by atoms with Crippen molar-refractivity contribution < 1.29 is 60.3 Å². The second kappa shape index (κ2) is 15.2. The van der Waals surface area contributed by atoms with E-state index in [1.54, 1.807) is 37.3 Å². The minimum atomic E-state index is -6.03. The normalized spacial score (nSPS) is 25.6. The third kappa shape index (κ3) is 8.72. The van der Waals surface area contributed by atoms with Gasteiger partial charge < -0.3 is 37.9 Å². The third-order valence-corrected chi connectivity index (χ3v) is 12.1. The first kappa shape index (κ1) is 37.2. The van der Waals surface area contributed by atoms with Crippen LogP contribution in [0.15, 0.2) is 77.9 Å². The summed E-state index contributed by atoms with van der Waals surface area (Å²) in [6.07, 6.45) is -1.05. The molecule has 17 nitrogen and oxygen atoms in total. The van der Waals surface area contributed by atoms with Crippen LogP contribution in [0.1, 0.15) is 31.6 Å². The zero-order chi connectivity index (χ0) is 35.7. The van der Waals surface area contributed by atoms with Gasteiger partial charge in [-0.25, -0.2) is 18.4 Å². The second-order valence-corrected chi connectivity index (χ2v) is 16.1. The lowest BCUT2D eigenvalue weighted by molar-refractivity contribution is -0.252. The Labute approximate surface area is 290 Å². The van der Waals surface area contributed by atoms with Crippen molar-refractivity contribution in [1.82, 2.24) is 14.0 Å². The second-order valence-electron chi connectivity index (χ2n) is 11.2. The number of phosphoric ester groups is 2. The standard InChI is InChI=1S/C29H33ClN3O14P3/c1-2-16-41-48(35,36)46-50(39,40)47-49(37,38)42-18-23-26-27(45-25(44-26)13-12-19-8-4-3-5-9-19)28(43-23)32-15-14-24-31-22(17-33(24)29(32)34)20-10-6-7-11-21(20)30/h3-11,14-15,17,23,25-28H,2,12-13,16,18H2,1H3,(H,35,36)(H,37,38)(H,39,40)/p-3/t23-,25?,26+,27?,28-/m1/s1. The summed E-state index contributed by atoms with van der Waals surface area (Å²) in [5.74, 6) is 0. The van der Waals surface area contributed by atoms with Crippen molar-refractivity contribution >= 4 is 40.7 Å². The van der Waals surface area contributed by atoms with Crippen LogP contribution in [-0.2, 0) is 52.0 Å². The quantitative estimate of drug-likeness (QED) is 0.158. The van der Waals surface area contributed by atoms with E-state index in [-0.39, 0.29) is 6.42 Å². The molecule has 0 radical (unpaired) electrons. The number of hydrogen-bond acceptors (Lipinski definition) is 15. The lowest BCUT2D eigenvalue weighted by atomic mass is 10.1. The minimum absolute atomic E-state index is 0.193. The molecule has 2 aliphatic heterocycles. The predicted molar refractivity (Wildman–Crippen MR) is 169 cm³/mol. The number of imidazole rings is 1. The van der Waals surface area contributed by atoms with Crippen LogP contribution < -0.4 is 20.4 Å². The van der Waals surface area contributed by atoms with Crippen LogP contribution in [-0.4, -0.2) is 51.8 Å². The smallest absolute Gasteiger partial charge is 0.336 e. The van der Waals surface area contributed by atoms with Gasteiger partial charge in [0, 0.05) is 24.4 Å². The molecule has 0 bridgehead atoms. The van der Waals surface area contributed by atoms with Gasteiger partial charge in [0.15, 0.2) is 12.5 Å². The number of aromatic nitrogens is 3. The van der Waals surface area contributed by atoms with Crippen LogP contribution in [0.25, 0.3) is 16.9 Å². The summed E-state index contributed by atoms with van der Waals surface area (Å²) in [7, 11) is -17.3. The highest BCUT2D eigenvalue weighted by atomic mass is 35.5. The monoisotopic (exact) mass is 772 g/mol. The number of fused-ring (bicyclic) bond motifs is 2. The Morgan fingerprint density at radius 3 is 2.28 bits per heavy atom. The van der Waals surface area contributed by atoms with Crippen LogP contribution in [0.3, 0.4) is 0 Å². The van der Waals surface area contributed by atoms with Gasteiger partial charge in [-0.3, -0.25) is 22.7 Å². The molecule has 0 aliphatic carbocycles. The Morgan fingerprint density at radius 2 is 1.56 bits per heavy atom. The Hall–Kier alpha value is -2.56. The van der Waals surface area contributed by atoms with Crippen molar-refractivity contribution in [3.05, 3.63) is 94.1 Å². The molecule has 2 aromatic carbocycles. The first-order valence-corrected chi connectivity index (χ1v) is 20.0. The molecular weight excluding hydrogens is 743 g/mol. The number of rotatable bonds is 15. The van der Waals surface area contributed by atoms with Gasteiger partial charge in [-0.1, -0.05) is 67.1 Å². The van der Waals surface area contributed by atoms with Gasteiger partial charge in [0.05, 0.1) is 23.9 Å². The van der Waals surface area contributed by atoms with E-state index in [4.69, 9.17) is 30.3 Å². The van der Waals surface area contributed by atoms with E-state index in [1.165, 1.54) is 21.4 Å². The summed E-state index contributed by atoms with van der Waals surface area (Å²) >= 11 is 6.34. The lowest BCUT2D eigenvalue weighted by Crippen LogP contribution is -2.35. The summed E-state index contributed by atoms with van der Waals surface area (Å²) in [4.78, 5) is 54.6. The average Bonchev–Trinajstić information content (AvgIpc) is 3.76. The Morgan fingerprint density at radius 1 is 0.880 bits per heavy atom. The Kier molecular flexibility index (Phi) is 11.3. The molecule has 0 N–H and O–H groups in total. The van der Waals surface area contributed by atoms with Crippen molar-refractivity contribution in [3.63, 3.8) is 0 Å². The van der Waals surface area contributed by atoms with Crippen LogP contribution in [0.2, 0.25) is 5.02 Å². The molecule has 4 heterocycles. The van der Waals surface area contributed by atoms with Crippen molar-refractivity contribution in [1.29, 1.82) is 0 Å². The van der Waals surface area contributed by atoms with Gasteiger partial charge in [-0.05, 0) is 30.5 Å². The highest BCUT2D eigenvalue weighted by Crippen LogP contribution is 2.63. The summed E-state index contributed by atoms with van der Waals surface area (Å²) in [6, 6.07) is 18.1. The van der Waals surface area contributed by atoms with E-state index >= 15 is 0 Å². The van der Waals surface area contributed by atoms with Gasteiger partial charge in [0.1, 0.15) is 24.0 Å². The molecular formula is C29H30ClN3O14P3-3. The zero-order valence-corrected chi connectivity index (χ0v) is 29.6. The number of halogens is 1. The van der Waals surface area contributed by atoms with Crippen molar-refractivity contribution in [2.24, 2.45) is 0 Å². The average molecular weight is 773 g/mol. The highest BCUT2D eigenvalue weighted by molar-refractivity contribution is 7.65. The number of phosphoric acid groups is 3. The fourth-order valence-electron chi connectivity index (χ4n) is 5.49. The number of aryl methyl sites for hydroxylation is 1. The van der Waals surface area contributed by atoms with Crippen LogP contribution in [0.4, 0.5) is 0 Å². The molecule has 2 aromatic heterocycles. The van der Waals surface area contributed by atoms with Gasteiger partial charge in [-0.15, -0.1) is 0 Å². The molecule has 6 rings (SSSR count). The molecule has 0 spiro atoms. The number of hydrogen-bond donors (Lipinski definition) is 0. The first-order valence-electron chi connectivity index (χ1n) is 15.2. The molecule has 0 saturated carbocycles. The minimum Gasteiger partial charge on any atom is -0.756 e. The maximum atomic E-state index is 13.8. The van der Waals surface area contributed by atoms with Gasteiger partial charge >= 0.3 is 5.69 Å². The van der Waals surface area contributed by atoms with Crippen LogP contribution >= 0.6 is 35.1 Å². The van der Waals surface area contributed by atoms with E-state index in [1.807, 2.05) is 30.3 Å². The number of ether oxygens (including phenoxy) is 3. The molecule has 8 atom stereocenters. The van der Waals surface area contributed by atoms with Gasteiger partial charge in [0.25, 0.3) is 23.5 Å². The van der Waals surface area contributed by atoms with Crippen molar-refractivity contribution in [2.75, 3.05) is 13.2 Å². The van der Waals surface area contributed by atoms with Crippen LogP contribution in [0, 0.1) is 0 Å². The third-order valence-electron chi connectivity index (χ3n) is 7.63. The van der Waals surface area contributed by atoms with E-state index in [9.17, 15) is 33.2 Å². The molecule has 2 aliphatic rings. The maximum Gasteiger partial charge on any atom is 0.336 e. The molecule has 21 heteroatoms. The fraction of sp³-hybridized carbons (Fsp3) is 0.379. The van der Waals surface area contributed by atoms with Gasteiger partial charge in [0.2, 0.25) is 0 Å². The number of nitrogens with zero attached hydrogens (tertiary/aromatic N) is 3. The van der Waals surface area contributed by atoms with E-state index < -0.39 is 73.2 Å². The van der Waals surface area contributed by atoms with Gasteiger partial charge in [-0.2, -0.15) is 0 Å². The Balaban J connectivity index is 1.22. The van der Waals surface area contributed by atoms with E-state index in [0.717, 1.165) is 5.56 Å². The fourth-order valence-corrected chi connectivity index (χ4v) is 9.18. The molecule has 50 heavy (non-hydrogen) atoms. The Bertz CT molecular complexity index is 2030. The van der Waals surface area contributed by atoms with E-state index in [0.29, 0.717) is 34.8 Å². The molecule has 5 unspecified atom stereocenters. The van der Waals surface area contributed by atoms with Crippen LogP contribution in [0.5, 0.6) is 0 Å². The summed E-state index contributed by atoms with van der Waals surface area (Å²) in [5.41, 5.74) is 1.80. The molecule has 270 valence electrons. The molecule has 2 fully saturated rings.